The molecule has 1 rings (SSSR count). The zero-order chi connectivity index (χ0) is 9.14. The van der Waals surface area contributed by atoms with E-state index in [4.69, 9.17) is 0 Å². The van der Waals surface area contributed by atoms with Crippen LogP contribution in [0, 0.1) is 13.8 Å². The number of nitrogens with zero attached hydrogens (tertiary/aromatic N) is 2. The van der Waals surface area contributed by atoms with E-state index in [1.54, 1.807) is 0 Å². The summed E-state index contributed by atoms with van der Waals surface area (Å²) in [4.78, 5) is 8.50. The van der Waals surface area contributed by atoms with Gasteiger partial charge in [0.05, 0.1) is 0 Å². The second kappa shape index (κ2) is 3.52. The van der Waals surface area contributed by atoms with Crippen LogP contribution in [0.15, 0.2) is 6.07 Å². The van der Waals surface area contributed by atoms with Crippen LogP contribution in [0.5, 0.6) is 0 Å². The molecule has 0 unspecified atom stereocenters. The van der Waals surface area contributed by atoms with E-state index in [-0.39, 0.29) is 0 Å². The minimum Gasteiger partial charge on any atom is -0.352 e. The molecule has 0 radical (unpaired) electrons. The van der Waals surface area contributed by atoms with Gasteiger partial charge >= 0.3 is 0 Å². The van der Waals surface area contributed by atoms with Crippen LogP contribution in [0.3, 0.4) is 0 Å². The van der Waals surface area contributed by atoms with Crippen LogP contribution in [0.25, 0.3) is 0 Å². The van der Waals surface area contributed by atoms with Gasteiger partial charge in [-0.3, -0.25) is 0 Å². The van der Waals surface area contributed by atoms with Gasteiger partial charge in [0.15, 0.2) is 0 Å². The first-order valence-electron chi connectivity index (χ1n) is 4.17. The van der Waals surface area contributed by atoms with E-state index < -0.39 is 0 Å². The maximum Gasteiger partial charge on any atom is 0.223 e. The Morgan fingerprint density at radius 2 is 1.67 bits per heavy atom. The van der Waals surface area contributed by atoms with Crippen LogP contribution in [0.2, 0.25) is 0 Å². The van der Waals surface area contributed by atoms with Crippen LogP contribution in [0.1, 0.15) is 25.2 Å². The van der Waals surface area contributed by atoms with Crippen molar-refractivity contribution in [2.24, 2.45) is 0 Å². The van der Waals surface area contributed by atoms with Crippen LogP contribution in [0.4, 0.5) is 5.95 Å². The first-order valence-corrected chi connectivity index (χ1v) is 4.17. The van der Waals surface area contributed by atoms with E-state index in [0.717, 1.165) is 17.3 Å². The summed E-state index contributed by atoms with van der Waals surface area (Å²) in [5.41, 5.74) is 2.01. The lowest BCUT2D eigenvalue weighted by Crippen LogP contribution is -2.13. The average Bonchev–Trinajstić information content (AvgIpc) is 1.81. The van der Waals surface area contributed by atoms with Gasteiger partial charge < -0.3 is 5.32 Å². The zero-order valence-electron chi connectivity index (χ0n) is 8.05. The molecule has 0 aliphatic rings. The molecule has 0 saturated carbocycles. The highest BCUT2D eigenvalue weighted by Gasteiger charge is 1.99. The Balaban J connectivity index is 2.85. The van der Waals surface area contributed by atoms with Gasteiger partial charge in [-0.1, -0.05) is 0 Å². The molecule has 3 heteroatoms. The van der Waals surface area contributed by atoms with Gasteiger partial charge in [0.1, 0.15) is 0 Å². The van der Waals surface area contributed by atoms with Crippen molar-refractivity contribution in [2.45, 2.75) is 33.7 Å². The van der Waals surface area contributed by atoms with Gasteiger partial charge in [-0.15, -0.1) is 0 Å². The van der Waals surface area contributed by atoms with Crippen LogP contribution < -0.4 is 5.32 Å². The van der Waals surface area contributed by atoms with E-state index in [9.17, 15) is 0 Å². The molecule has 0 atom stereocenters. The zero-order valence-corrected chi connectivity index (χ0v) is 8.05. The van der Waals surface area contributed by atoms with Crippen molar-refractivity contribution in [3.05, 3.63) is 17.5 Å². The van der Waals surface area contributed by atoms with Crippen molar-refractivity contribution in [1.82, 2.24) is 9.97 Å². The summed E-state index contributed by atoms with van der Waals surface area (Å²) in [5, 5.41) is 3.16. The first kappa shape index (κ1) is 8.97. The van der Waals surface area contributed by atoms with E-state index in [1.807, 2.05) is 19.9 Å². The Morgan fingerprint density at radius 1 is 1.17 bits per heavy atom. The molecule has 0 aliphatic carbocycles. The SMILES string of the molecule is Cc1cc(C)nc(NC(C)C)n1. The van der Waals surface area contributed by atoms with Gasteiger partial charge in [0.2, 0.25) is 5.95 Å². The van der Waals surface area contributed by atoms with Gasteiger partial charge in [-0.2, -0.15) is 0 Å². The fourth-order valence-electron chi connectivity index (χ4n) is 1.05. The lowest BCUT2D eigenvalue weighted by atomic mass is 10.3. The Bertz CT molecular complexity index is 248. The lowest BCUT2D eigenvalue weighted by Gasteiger charge is -2.08. The summed E-state index contributed by atoms with van der Waals surface area (Å²) in [5.74, 6) is 0.725. The van der Waals surface area contributed by atoms with Crippen molar-refractivity contribution >= 4 is 5.95 Å². The highest BCUT2D eigenvalue weighted by atomic mass is 15.1. The van der Waals surface area contributed by atoms with Crippen LogP contribution in [-0.4, -0.2) is 16.0 Å². The van der Waals surface area contributed by atoms with Gasteiger partial charge in [0.25, 0.3) is 0 Å². The topological polar surface area (TPSA) is 37.8 Å². The van der Waals surface area contributed by atoms with E-state index in [0.29, 0.717) is 6.04 Å². The quantitative estimate of drug-likeness (QED) is 0.727. The van der Waals surface area contributed by atoms with Crippen molar-refractivity contribution in [1.29, 1.82) is 0 Å². The molecule has 0 aliphatic heterocycles. The predicted octanol–water partition coefficient (Wildman–Crippen LogP) is 1.91. The third-order valence-corrected chi connectivity index (χ3v) is 1.40. The summed E-state index contributed by atoms with van der Waals surface area (Å²) < 4.78 is 0. The maximum absolute atomic E-state index is 4.25. The molecule has 0 bridgehead atoms. The Hall–Kier alpha value is -1.12. The predicted molar refractivity (Wildman–Crippen MR) is 50.3 cm³/mol. The summed E-state index contributed by atoms with van der Waals surface area (Å²) in [6.07, 6.45) is 0. The highest BCUT2D eigenvalue weighted by molar-refractivity contribution is 5.28. The van der Waals surface area contributed by atoms with E-state index in [1.165, 1.54) is 0 Å². The summed E-state index contributed by atoms with van der Waals surface area (Å²) in [6, 6.07) is 2.34. The number of aromatic nitrogens is 2. The van der Waals surface area contributed by atoms with E-state index in [2.05, 4.69) is 29.1 Å². The van der Waals surface area contributed by atoms with Gasteiger partial charge in [0, 0.05) is 17.4 Å². The smallest absolute Gasteiger partial charge is 0.223 e. The minimum absolute atomic E-state index is 0.381. The number of nitrogens with one attached hydrogen (secondary N) is 1. The monoisotopic (exact) mass is 165 g/mol. The van der Waals surface area contributed by atoms with Gasteiger partial charge in [-0.25, -0.2) is 9.97 Å². The maximum atomic E-state index is 4.25. The number of hydrogen-bond donors (Lipinski definition) is 1. The normalized spacial score (nSPS) is 10.4. The molecule has 0 aromatic carbocycles. The highest BCUT2D eigenvalue weighted by Crippen LogP contribution is 2.04. The number of rotatable bonds is 2. The van der Waals surface area contributed by atoms with E-state index >= 15 is 0 Å². The fraction of sp³-hybridized carbons (Fsp3) is 0.556. The summed E-state index contributed by atoms with van der Waals surface area (Å²) in [7, 11) is 0. The van der Waals surface area contributed by atoms with Crippen molar-refractivity contribution in [3.8, 4) is 0 Å². The van der Waals surface area contributed by atoms with Crippen LogP contribution >= 0.6 is 0 Å². The van der Waals surface area contributed by atoms with Crippen molar-refractivity contribution in [3.63, 3.8) is 0 Å². The molecular weight excluding hydrogens is 150 g/mol. The van der Waals surface area contributed by atoms with Crippen LogP contribution in [-0.2, 0) is 0 Å². The molecule has 1 N–H and O–H groups in total. The average molecular weight is 165 g/mol. The number of aryl methyl sites for hydroxylation is 2. The summed E-state index contributed by atoms with van der Waals surface area (Å²) in [6.45, 7) is 8.09. The molecule has 1 heterocycles. The third-order valence-electron chi connectivity index (χ3n) is 1.40. The Labute approximate surface area is 73.2 Å². The molecule has 0 spiro atoms. The number of anilines is 1. The van der Waals surface area contributed by atoms with Crippen molar-refractivity contribution < 1.29 is 0 Å². The fourth-order valence-corrected chi connectivity index (χ4v) is 1.05. The molecule has 1 aromatic rings. The molecular formula is C9H15N3. The third kappa shape index (κ3) is 2.49. The molecule has 0 saturated heterocycles. The lowest BCUT2D eigenvalue weighted by molar-refractivity contribution is 0.866. The Morgan fingerprint density at radius 3 is 2.08 bits per heavy atom. The molecule has 12 heavy (non-hydrogen) atoms. The molecule has 1 aromatic heterocycles. The molecule has 0 amide bonds. The Kier molecular flexibility index (Phi) is 2.63. The first-order chi connectivity index (χ1) is 5.58. The molecule has 0 fully saturated rings. The van der Waals surface area contributed by atoms with Gasteiger partial charge in [-0.05, 0) is 33.8 Å². The summed E-state index contributed by atoms with van der Waals surface area (Å²) >= 11 is 0. The standard InChI is InChI=1S/C9H15N3/c1-6(2)10-9-11-7(3)5-8(4)12-9/h5-6H,1-4H3,(H,10,11,12). The molecule has 66 valence electrons. The van der Waals surface area contributed by atoms with Crippen molar-refractivity contribution in [2.75, 3.05) is 5.32 Å². The number of hydrogen-bond acceptors (Lipinski definition) is 3. The second-order valence-electron chi connectivity index (χ2n) is 3.27. The minimum atomic E-state index is 0.381. The molecule has 3 nitrogen and oxygen atoms in total. The largest absolute Gasteiger partial charge is 0.352 e. The second-order valence-corrected chi connectivity index (χ2v) is 3.27.